The van der Waals surface area contributed by atoms with Crippen LogP contribution in [0.1, 0.15) is 38.1 Å². The highest BCUT2D eigenvalue weighted by Gasteiger charge is 2.18. The van der Waals surface area contributed by atoms with Gasteiger partial charge in [0, 0.05) is 25.0 Å². The lowest BCUT2D eigenvalue weighted by Crippen LogP contribution is -2.46. The first-order valence-electron chi connectivity index (χ1n) is 6.74. The number of aromatic nitrogens is 1. The predicted molar refractivity (Wildman–Crippen MR) is 78.6 cm³/mol. The minimum atomic E-state index is -0.598. The van der Waals surface area contributed by atoms with E-state index in [0.717, 1.165) is 0 Å². The predicted octanol–water partition coefficient (Wildman–Crippen LogP) is 1.16. The van der Waals surface area contributed by atoms with Crippen molar-refractivity contribution in [3.63, 3.8) is 0 Å². The molecule has 0 aliphatic heterocycles. The van der Waals surface area contributed by atoms with Gasteiger partial charge in [-0.1, -0.05) is 0 Å². The van der Waals surface area contributed by atoms with E-state index in [-0.39, 0.29) is 17.9 Å². The van der Waals surface area contributed by atoms with Crippen LogP contribution < -0.4 is 16.0 Å². The lowest BCUT2D eigenvalue weighted by molar-refractivity contribution is -0.123. The van der Waals surface area contributed by atoms with Gasteiger partial charge in [-0.25, -0.2) is 0 Å². The molecule has 1 unspecified atom stereocenters. The van der Waals surface area contributed by atoms with E-state index in [2.05, 4.69) is 20.9 Å². The fraction of sp³-hybridized carbons (Fsp3) is 0.500. The molecule has 0 saturated heterocycles. The number of anilines is 1. The van der Waals surface area contributed by atoms with Gasteiger partial charge in [0.15, 0.2) is 0 Å². The molecule has 6 heteroatoms. The molecule has 0 saturated carbocycles. The zero-order chi connectivity index (χ0) is 15.1. The molecule has 110 valence electrons. The highest BCUT2D eigenvalue weighted by atomic mass is 16.2. The number of carbonyl (C=O) groups excluding carboxylic acids is 2. The van der Waals surface area contributed by atoms with E-state index in [1.54, 1.807) is 19.2 Å². The van der Waals surface area contributed by atoms with E-state index in [1.165, 1.54) is 6.20 Å². The largest absolute Gasteiger partial charge is 0.385 e. The first-order valence-corrected chi connectivity index (χ1v) is 6.74. The van der Waals surface area contributed by atoms with E-state index in [4.69, 9.17) is 0 Å². The second kappa shape index (κ2) is 7.47. The smallest absolute Gasteiger partial charge is 0.255 e. The van der Waals surface area contributed by atoms with Crippen molar-refractivity contribution in [1.29, 1.82) is 0 Å². The molecule has 0 aliphatic rings. The minimum Gasteiger partial charge on any atom is -0.385 e. The summed E-state index contributed by atoms with van der Waals surface area (Å²) in [6.07, 6.45) is 3.10. The van der Waals surface area contributed by atoms with Crippen molar-refractivity contribution < 1.29 is 9.59 Å². The van der Waals surface area contributed by atoms with Gasteiger partial charge in [-0.3, -0.25) is 14.6 Å². The highest BCUT2D eigenvalue weighted by molar-refractivity contribution is 6.01. The fourth-order valence-corrected chi connectivity index (χ4v) is 1.67. The lowest BCUT2D eigenvalue weighted by Gasteiger charge is -2.17. The first-order chi connectivity index (χ1) is 9.45. The molecule has 3 N–H and O–H groups in total. The number of hydrogen-bond donors (Lipinski definition) is 3. The summed E-state index contributed by atoms with van der Waals surface area (Å²) >= 11 is 0. The summed E-state index contributed by atoms with van der Waals surface area (Å²) in [5, 5.41) is 8.51. The Labute approximate surface area is 119 Å². The number of hydrogen-bond acceptors (Lipinski definition) is 4. The molecule has 0 bridgehead atoms. The van der Waals surface area contributed by atoms with Gasteiger partial charge in [0.1, 0.15) is 6.04 Å². The van der Waals surface area contributed by atoms with Crippen LogP contribution in [0.5, 0.6) is 0 Å². The summed E-state index contributed by atoms with van der Waals surface area (Å²) in [5.41, 5.74) is 1.13. The monoisotopic (exact) mass is 278 g/mol. The molecule has 20 heavy (non-hydrogen) atoms. The van der Waals surface area contributed by atoms with Crippen LogP contribution in [-0.2, 0) is 4.79 Å². The average Bonchev–Trinajstić information content (AvgIpc) is 2.38. The number of pyridine rings is 1. The molecular formula is C14H22N4O2. The molecule has 1 atom stereocenters. The Balaban J connectivity index is 2.73. The topological polar surface area (TPSA) is 83.1 Å². The molecule has 0 aromatic carbocycles. The maximum atomic E-state index is 12.2. The number of carbonyl (C=O) groups is 2. The summed E-state index contributed by atoms with van der Waals surface area (Å²) in [5.74, 6) is -0.525. The van der Waals surface area contributed by atoms with E-state index in [1.807, 2.05) is 20.8 Å². The Kier molecular flexibility index (Phi) is 5.96. The van der Waals surface area contributed by atoms with Crippen LogP contribution >= 0.6 is 0 Å². The zero-order valence-corrected chi connectivity index (χ0v) is 12.4. The van der Waals surface area contributed by atoms with Gasteiger partial charge < -0.3 is 16.0 Å². The van der Waals surface area contributed by atoms with Crippen molar-refractivity contribution in [3.8, 4) is 0 Å². The highest BCUT2D eigenvalue weighted by Crippen LogP contribution is 2.13. The van der Waals surface area contributed by atoms with Gasteiger partial charge in [0.05, 0.1) is 11.3 Å². The molecule has 1 aromatic rings. The Bertz CT molecular complexity index is 474. The SMILES string of the molecule is CCNc1ccncc1C(=O)NC(C)C(=O)NC(C)C. The maximum Gasteiger partial charge on any atom is 0.255 e. The van der Waals surface area contributed by atoms with Crippen molar-refractivity contribution >= 4 is 17.5 Å². The van der Waals surface area contributed by atoms with Crippen molar-refractivity contribution in [2.24, 2.45) is 0 Å². The Hall–Kier alpha value is -2.11. The molecular weight excluding hydrogens is 256 g/mol. The van der Waals surface area contributed by atoms with Crippen LogP contribution in [0.15, 0.2) is 18.5 Å². The molecule has 0 radical (unpaired) electrons. The summed E-state index contributed by atoms with van der Waals surface area (Å²) in [7, 11) is 0. The molecule has 0 spiro atoms. The van der Waals surface area contributed by atoms with Crippen LogP contribution in [0.2, 0.25) is 0 Å². The van der Waals surface area contributed by atoms with Gasteiger partial charge in [0.25, 0.3) is 5.91 Å². The van der Waals surface area contributed by atoms with Gasteiger partial charge in [-0.05, 0) is 33.8 Å². The molecule has 0 aliphatic carbocycles. The normalized spacial score (nSPS) is 11.8. The molecule has 6 nitrogen and oxygen atoms in total. The third-order valence-electron chi connectivity index (χ3n) is 2.60. The second-order valence-corrected chi connectivity index (χ2v) is 4.81. The van der Waals surface area contributed by atoms with E-state index < -0.39 is 6.04 Å². The maximum absolute atomic E-state index is 12.2. The third kappa shape index (κ3) is 4.53. The van der Waals surface area contributed by atoms with Crippen LogP contribution in [0.3, 0.4) is 0 Å². The fourth-order valence-electron chi connectivity index (χ4n) is 1.67. The molecule has 2 amide bonds. The molecule has 1 rings (SSSR count). The summed E-state index contributed by atoms with van der Waals surface area (Å²) in [6, 6.07) is 1.18. The summed E-state index contributed by atoms with van der Waals surface area (Å²) in [6.45, 7) is 8.04. The Morgan fingerprint density at radius 1 is 1.25 bits per heavy atom. The van der Waals surface area contributed by atoms with Crippen molar-refractivity contribution in [1.82, 2.24) is 15.6 Å². The van der Waals surface area contributed by atoms with E-state index >= 15 is 0 Å². The van der Waals surface area contributed by atoms with E-state index in [0.29, 0.717) is 17.8 Å². The zero-order valence-electron chi connectivity index (χ0n) is 12.4. The number of nitrogens with one attached hydrogen (secondary N) is 3. The second-order valence-electron chi connectivity index (χ2n) is 4.81. The molecule has 1 heterocycles. The number of rotatable bonds is 6. The third-order valence-corrected chi connectivity index (χ3v) is 2.60. The number of amides is 2. The van der Waals surface area contributed by atoms with Crippen LogP contribution in [0.25, 0.3) is 0 Å². The standard InChI is InChI=1S/C14H22N4O2/c1-5-16-12-6-7-15-8-11(12)14(20)18-10(4)13(19)17-9(2)3/h6-10H,5H2,1-4H3,(H,15,16)(H,17,19)(H,18,20). The van der Waals surface area contributed by atoms with Crippen LogP contribution in [-0.4, -0.2) is 35.4 Å². The number of nitrogens with zero attached hydrogens (tertiary/aromatic N) is 1. The van der Waals surface area contributed by atoms with Gasteiger partial charge >= 0.3 is 0 Å². The Morgan fingerprint density at radius 3 is 2.55 bits per heavy atom. The van der Waals surface area contributed by atoms with Gasteiger partial charge in [0.2, 0.25) is 5.91 Å². The quantitative estimate of drug-likeness (QED) is 0.729. The van der Waals surface area contributed by atoms with Gasteiger partial charge in [-0.2, -0.15) is 0 Å². The van der Waals surface area contributed by atoms with Crippen LogP contribution in [0, 0.1) is 0 Å². The van der Waals surface area contributed by atoms with Crippen molar-refractivity contribution in [2.75, 3.05) is 11.9 Å². The molecule has 0 fully saturated rings. The average molecular weight is 278 g/mol. The van der Waals surface area contributed by atoms with Crippen molar-refractivity contribution in [3.05, 3.63) is 24.0 Å². The van der Waals surface area contributed by atoms with Crippen LogP contribution in [0.4, 0.5) is 5.69 Å². The van der Waals surface area contributed by atoms with Crippen molar-refractivity contribution in [2.45, 2.75) is 39.8 Å². The molecule has 1 aromatic heterocycles. The Morgan fingerprint density at radius 2 is 1.95 bits per heavy atom. The minimum absolute atomic E-state index is 0.0394. The van der Waals surface area contributed by atoms with Gasteiger partial charge in [-0.15, -0.1) is 0 Å². The summed E-state index contributed by atoms with van der Waals surface area (Å²) < 4.78 is 0. The van der Waals surface area contributed by atoms with E-state index in [9.17, 15) is 9.59 Å². The lowest BCUT2D eigenvalue weighted by atomic mass is 10.2. The first kappa shape index (κ1) is 15.9. The summed E-state index contributed by atoms with van der Waals surface area (Å²) in [4.78, 5) is 27.9.